The summed E-state index contributed by atoms with van der Waals surface area (Å²) in [6.45, 7) is 8.81. The highest BCUT2D eigenvalue weighted by Gasteiger charge is 2.12. The van der Waals surface area contributed by atoms with Gasteiger partial charge >= 0.3 is 0 Å². The first kappa shape index (κ1) is 11.2. The van der Waals surface area contributed by atoms with E-state index in [2.05, 4.69) is 35.6 Å². The fourth-order valence-corrected chi connectivity index (χ4v) is 1.46. The van der Waals surface area contributed by atoms with Gasteiger partial charge in [-0.15, -0.1) is 0 Å². The van der Waals surface area contributed by atoms with Gasteiger partial charge in [-0.05, 0) is 18.9 Å². The number of hydrogen-bond donors (Lipinski definition) is 1. The summed E-state index contributed by atoms with van der Waals surface area (Å²) in [5.41, 5.74) is 0. The molecule has 80 valence electrons. The van der Waals surface area contributed by atoms with Gasteiger partial charge in [0.15, 0.2) is 0 Å². The highest BCUT2D eigenvalue weighted by molar-refractivity contribution is 4.79. The molecule has 0 spiro atoms. The van der Waals surface area contributed by atoms with Crippen molar-refractivity contribution in [1.82, 2.24) is 14.9 Å². The second-order valence-corrected chi connectivity index (χ2v) is 4.06. The van der Waals surface area contributed by atoms with E-state index < -0.39 is 0 Å². The summed E-state index contributed by atoms with van der Waals surface area (Å²) in [5.74, 6) is 0.656. The molecule has 0 saturated carbocycles. The number of nitrogens with one attached hydrogen (secondary N) is 1. The highest BCUT2D eigenvalue weighted by Crippen LogP contribution is 2.04. The van der Waals surface area contributed by atoms with E-state index >= 15 is 0 Å². The predicted molar refractivity (Wildman–Crippen MR) is 59.1 cm³/mol. The lowest BCUT2D eigenvalue weighted by molar-refractivity contribution is 0.356. The second kappa shape index (κ2) is 5.81. The summed E-state index contributed by atoms with van der Waals surface area (Å²) >= 11 is 0. The third-order valence-corrected chi connectivity index (χ3v) is 2.43. The monoisotopic (exact) mass is 195 g/mol. The molecule has 0 radical (unpaired) electrons. The van der Waals surface area contributed by atoms with E-state index in [9.17, 15) is 0 Å². The molecule has 0 fully saturated rings. The molecule has 1 rings (SSSR count). The molecule has 3 nitrogen and oxygen atoms in total. The van der Waals surface area contributed by atoms with Gasteiger partial charge in [-0.25, -0.2) is 4.98 Å². The van der Waals surface area contributed by atoms with Crippen LogP contribution in [0.4, 0.5) is 0 Å². The molecule has 0 amide bonds. The van der Waals surface area contributed by atoms with E-state index in [1.165, 1.54) is 6.42 Å². The molecular weight excluding hydrogens is 174 g/mol. The number of aromatic nitrogens is 2. The summed E-state index contributed by atoms with van der Waals surface area (Å²) < 4.78 is 2.13. The molecule has 0 aliphatic rings. The van der Waals surface area contributed by atoms with Gasteiger partial charge in [0, 0.05) is 25.0 Å². The molecule has 1 N–H and O–H groups in total. The van der Waals surface area contributed by atoms with Gasteiger partial charge in [0.1, 0.15) is 0 Å². The van der Waals surface area contributed by atoms with Crippen LogP contribution < -0.4 is 5.32 Å². The van der Waals surface area contributed by atoms with Crippen molar-refractivity contribution in [3.8, 4) is 0 Å². The van der Waals surface area contributed by atoms with Crippen molar-refractivity contribution in [3.05, 3.63) is 18.7 Å². The molecule has 1 atom stereocenters. The summed E-state index contributed by atoms with van der Waals surface area (Å²) in [7, 11) is 0. The molecule has 1 unspecified atom stereocenters. The Balaban J connectivity index is 2.43. The van der Waals surface area contributed by atoms with E-state index in [-0.39, 0.29) is 0 Å². The summed E-state index contributed by atoms with van der Waals surface area (Å²) in [6, 6.07) is 0.546. The number of hydrogen-bond acceptors (Lipinski definition) is 2. The molecular formula is C11H21N3. The molecule has 0 aromatic carbocycles. The highest BCUT2D eigenvalue weighted by atomic mass is 15.1. The maximum absolute atomic E-state index is 4.05. The average Bonchev–Trinajstić information content (AvgIpc) is 2.64. The fourth-order valence-electron chi connectivity index (χ4n) is 1.46. The van der Waals surface area contributed by atoms with Gasteiger partial charge in [-0.3, -0.25) is 0 Å². The summed E-state index contributed by atoms with van der Waals surface area (Å²) in [6.07, 6.45) is 6.91. The molecule has 1 heterocycles. The first-order chi connectivity index (χ1) is 6.74. The third-order valence-electron chi connectivity index (χ3n) is 2.43. The summed E-state index contributed by atoms with van der Waals surface area (Å²) in [4.78, 5) is 4.05. The van der Waals surface area contributed by atoms with Crippen LogP contribution in [0, 0.1) is 5.92 Å². The Kier molecular flexibility index (Phi) is 4.66. The van der Waals surface area contributed by atoms with Gasteiger partial charge in [0.05, 0.1) is 6.33 Å². The van der Waals surface area contributed by atoms with Gasteiger partial charge in [-0.1, -0.05) is 20.8 Å². The van der Waals surface area contributed by atoms with E-state index in [0.717, 1.165) is 13.1 Å². The Bertz CT molecular complexity index is 229. The first-order valence-corrected chi connectivity index (χ1v) is 5.43. The van der Waals surface area contributed by atoms with Crippen LogP contribution in [0.1, 0.15) is 27.2 Å². The van der Waals surface area contributed by atoms with Crippen LogP contribution in [-0.2, 0) is 6.54 Å². The topological polar surface area (TPSA) is 29.9 Å². The van der Waals surface area contributed by atoms with Gasteiger partial charge in [0.25, 0.3) is 0 Å². The lowest BCUT2D eigenvalue weighted by Gasteiger charge is -2.22. The van der Waals surface area contributed by atoms with Crippen LogP contribution in [0.5, 0.6) is 0 Å². The van der Waals surface area contributed by atoms with Crippen LogP contribution in [0.15, 0.2) is 18.7 Å². The second-order valence-electron chi connectivity index (χ2n) is 4.06. The van der Waals surface area contributed by atoms with Crippen molar-refractivity contribution in [2.75, 3.05) is 6.54 Å². The van der Waals surface area contributed by atoms with E-state index in [1.54, 1.807) is 0 Å². The minimum atomic E-state index is 0.546. The minimum absolute atomic E-state index is 0.546. The van der Waals surface area contributed by atoms with Crippen molar-refractivity contribution in [2.45, 2.75) is 39.8 Å². The zero-order valence-corrected chi connectivity index (χ0v) is 9.40. The van der Waals surface area contributed by atoms with E-state index in [1.807, 2.05) is 18.7 Å². The number of rotatable bonds is 6. The van der Waals surface area contributed by atoms with Gasteiger partial charge < -0.3 is 9.88 Å². The molecule has 1 aromatic heterocycles. The van der Waals surface area contributed by atoms with Crippen LogP contribution in [0.25, 0.3) is 0 Å². The molecule has 0 aliphatic heterocycles. The quantitative estimate of drug-likeness (QED) is 0.751. The minimum Gasteiger partial charge on any atom is -0.336 e. The lowest BCUT2D eigenvalue weighted by atomic mass is 10.0. The molecule has 0 bridgehead atoms. The van der Waals surface area contributed by atoms with Crippen molar-refractivity contribution in [2.24, 2.45) is 5.92 Å². The molecule has 14 heavy (non-hydrogen) atoms. The molecule has 0 aliphatic carbocycles. The summed E-state index contributed by atoms with van der Waals surface area (Å²) in [5, 5.41) is 3.56. The Labute approximate surface area is 86.5 Å². The zero-order valence-electron chi connectivity index (χ0n) is 9.40. The van der Waals surface area contributed by atoms with E-state index in [0.29, 0.717) is 12.0 Å². The van der Waals surface area contributed by atoms with Crippen molar-refractivity contribution in [1.29, 1.82) is 0 Å². The van der Waals surface area contributed by atoms with Crippen molar-refractivity contribution in [3.63, 3.8) is 0 Å². The normalized spacial score (nSPS) is 13.4. The van der Waals surface area contributed by atoms with Crippen LogP contribution >= 0.6 is 0 Å². The maximum Gasteiger partial charge on any atom is 0.0946 e. The Morgan fingerprint density at radius 3 is 2.71 bits per heavy atom. The largest absolute Gasteiger partial charge is 0.336 e. The van der Waals surface area contributed by atoms with E-state index in [4.69, 9.17) is 0 Å². The first-order valence-electron chi connectivity index (χ1n) is 5.43. The fraction of sp³-hybridized carbons (Fsp3) is 0.727. The number of nitrogens with zero attached hydrogens (tertiary/aromatic N) is 2. The standard InChI is InChI=1S/C11H21N3/c1-4-5-13-11(10(2)3)8-14-7-6-12-9-14/h6-7,9-11,13H,4-5,8H2,1-3H3. The zero-order chi connectivity index (χ0) is 10.4. The Morgan fingerprint density at radius 2 is 2.21 bits per heavy atom. The van der Waals surface area contributed by atoms with Crippen molar-refractivity contribution >= 4 is 0 Å². The van der Waals surface area contributed by atoms with Gasteiger partial charge in [0.2, 0.25) is 0 Å². The molecule has 0 saturated heterocycles. The van der Waals surface area contributed by atoms with Crippen LogP contribution in [0.3, 0.4) is 0 Å². The maximum atomic E-state index is 4.05. The Morgan fingerprint density at radius 1 is 1.43 bits per heavy atom. The lowest BCUT2D eigenvalue weighted by Crippen LogP contribution is -2.37. The average molecular weight is 195 g/mol. The van der Waals surface area contributed by atoms with Crippen LogP contribution in [0.2, 0.25) is 0 Å². The predicted octanol–water partition coefficient (Wildman–Crippen LogP) is 1.91. The van der Waals surface area contributed by atoms with Gasteiger partial charge in [-0.2, -0.15) is 0 Å². The SMILES string of the molecule is CCCNC(Cn1ccnc1)C(C)C. The third kappa shape index (κ3) is 3.50. The van der Waals surface area contributed by atoms with Crippen LogP contribution in [-0.4, -0.2) is 22.1 Å². The molecule has 3 heteroatoms. The smallest absolute Gasteiger partial charge is 0.0946 e. The van der Waals surface area contributed by atoms with Crippen molar-refractivity contribution < 1.29 is 0 Å². The molecule has 1 aromatic rings. The number of imidazole rings is 1. The Hall–Kier alpha value is -0.830.